The molecular formula is C16H20N2O2. The molecule has 1 aromatic heterocycles. The first-order valence-electron chi connectivity index (χ1n) is 6.62. The van der Waals surface area contributed by atoms with Crippen molar-refractivity contribution in [2.45, 2.75) is 26.7 Å². The lowest BCUT2D eigenvalue weighted by molar-refractivity contribution is 0.394. The van der Waals surface area contributed by atoms with Crippen molar-refractivity contribution in [1.82, 2.24) is 9.97 Å². The second-order valence-corrected chi connectivity index (χ2v) is 4.98. The average Bonchev–Trinajstić information content (AvgIpc) is 2.45. The summed E-state index contributed by atoms with van der Waals surface area (Å²) in [5.41, 5.74) is 2.89. The summed E-state index contributed by atoms with van der Waals surface area (Å²) in [6, 6.07) is 7.77. The number of hydrogen-bond donors (Lipinski definition) is 0. The van der Waals surface area contributed by atoms with Crippen LogP contribution in [-0.4, -0.2) is 24.2 Å². The topological polar surface area (TPSA) is 44.2 Å². The molecule has 0 aliphatic carbocycles. The van der Waals surface area contributed by atoms with Crippen molar-refractivity contribution in [2.75, 3.05) is 14.2 Å². The highest BCUT2D eigenvalue weighted by Crippen LogP contribution is 2.29. The van der Waals surface area contributed by atoms with Crippen LogP contribution in [0.2, 0.25) is 0 Å². The maximum Gasteiger partial charge on any atom is 0.126 e. The normalized spacial score (nSPS) is 10.7. The molecule has 0 amide bonds. The highest BCUT2D eigenvalue weighted by atomic mass is 16.5. The molecule has 0 N–H and O–H groups in total. The van der Waals surface area contributed by atoms with Gasteiger partial charge in [-0.25, -0.2) is 9.97 Å². The first kappa shape index (κ1) is 14.3. The lowest BCUT2D eigenvalue weighted by atomic mass is 10.1. The molecular weight excluding hydrogens is 252 g/mol. The van der Waals surface area contributed by atoms with Crippen LogP contribution in [0.15, 0.2) is 24.3 Å². The Morgan fingerprint density at radius 3 is 2.00 bits per heavy atom. The fourth-order valence-electron chi connectivity index (χ4n) is 1.99. The SMILES string of the molecule is COc1cc(OC)cc(-c2cc(C(C)C)nc(C)n2)c1. The summed E-state index contributed by atoms with van der Waals surface area (Å²) in [7, 11) is 3.28. The van der Waals surface area contributed by atoms with Crippen LogP contribution in [0.1, 0.15) is 31.3 Å². The third kappa shape index (κ3) is 3.07. The molecule has 0 spiro atoms. The van der Waals surface area contributed by atoms with Crippen LogP contribution in [0.25, 0.3) is 11.3 Å². The minimum absolute atomic E-state index is 0.364. The second-order valence-electron chi connectivity index (χ2n) is 4.98. The van der Waals surface area contributed by atoms with E-state index in [4.69, 9.17) is 9.47 Å². The van der Waals surface area contributed by atoms with Gasteiger partial charge in [-0.05, 0) is 31.0 Å². The van der Waals surface area contributed by atoms with Crippen LogP contribution >= 0.6 is 0 Å². The first-order chi connectivity index (χ1) is 9.53. The van der Waals surface area contributed by atoms with Gasteiger partial charge in [0.05, 0.1) is 19.9 Å². The molecule has 4 nitrogen and oxygen atoms in total. The number of aryl methyl sites for hydroxylation is 1. The summed E-state index contributed by atoms with van der Waals surface area (Å²) < 4.78 is 10.6. The number of benzene rings is 1. The minimum Gasteiger partial charge on any atom is -0.497 e. The Balaban J connectivity index is 2.55. The number of hydrogen-bond acceptors (Lipinski definition) is 4. The molecule has 0 saturated carbocycles. The molecule has 106 valence electrons. The summed E-state index contributed by atoms with van der Waals surface area (Å²) >= 11 is 0. The fourth-order valence-corrected chi connectivity index (χ4v) is 1.99. The van der Waals surface area contributed by atoms with Gasteiger partial charge in [0.15, 0.2) is 0 Å². The zero-order valence-corrected chi connectivity index (χ0v) is 12.6. The molecule has 1 aromatic carbocycles. The van der Waals surface area contributed by atoms with E-state index in [0.717, 1.165) is 34.3 Å². The van der Waals surface area contributed by atoms with Crippen LogP contribution in [0.5, 0.6) is 11.5 Å². The van der Waals surface area contributed by atoms with Gasteiger partial charge in [-0.3, -0.25) is 0 Å². The van der Waals surface area contributed by atoms with E-state index in [9.17, 15) is 0 Å². The number of methoxy groups -OCH3 is 2. The van der Waals surface area contributed by atoms with Crippen molar-refractivity contribution >= 4 is 0 Å². The van der Waals surface area contributed by atoms with Gasteiger partial charge in [-0.1, -0.05) is 13.8 Å². The predicted octanol–water partition coefficient (Wildman–Crippen LogP) is 3.59. The average molecular weight is 272 g/mol. The zero-order valence-electron chi connectivity index (χ0n) is 12.6. The van der Waals surface area contributed by atoms with E-state index in [-0.39, 0.29) is 0 Å². The summed E-state index contributed by atoms with van der Waals surface area (Å²) in [5.74, 6) is 2.64. The Bertz CT molecular complexity index is 587. The monoisotopic (exact) mass is 272 g/mol. The quantitative estimate of drug-likeness (QED) is 0.853. The lowest BCUT2D eigenvalue weighted by Crippen LogP contribution is -1.99. The smallest absolute Gasteiger partial charge is 0.126 e. The Labute approximate surface area is 119 Å². The fraction of sp³-hybridized carbons (Fsp3) is 0.375. The van der Waals surface area contributed by atoms with E-state index in [2.05, 4.69) is 23.8 Å². The third-order valence-electron chi connectivity index (χ3n) is 3.10. The van der Waals surface area contributed by atoms with Gasteiger partial charge in [0.25, 0.3) is 0 Å². The first-order valence-corrected chi connectivity index (χ1v) is 6.62. The van der Waals surface area contributed by atoms with Gasteiger partial charge in [0.2, 0.25) is 0 Å². The third-order valence-corrected chi connectivity index (χ3v) is 3.10. The molecule has 2 aromatic rings. The van der Waals surface area contributed by atoms with Gasteiger partial charge >= 0.3 is 0 Å². The van der Waals surface area contributed by atoms with Gasteiger partial charge in [0, 0.05) is 17.3 Å². The molecule has 0 aliphatic heterocycles. The Morgan fingerprint density at radius 2 is 1.50 bits per heavy atom. The minimum atomic E-state index is 0.364. The highest BCUT2D eigenvalue weighted by molar-refractivity contribution is 5.64. The standard InChI is InChI=1S/C16H20N2O2/c1-10(2)15-9-16(18-11(3)17-15)12-6-13(19-4)8-14(7-12)20-5/h6-10H,1-5H3. The maximum absolute atomic E-state index is 5.30. The molecule has 4 heteroatoms. The lowest BCUT2D eigenvalue weighted by Gasteiger charge is -2.11. The van der Waals surface area contributed by atoms with E-state index < -0.39 is 0 Å². The van der Waals surface area contributed by atoms with Crippen molar-refractivity contribution in [2.24, 2.45) is 0 Å². The van der Waals surface area contributed by atoms with Gasteiger partial charge < -0.3 is 9.47 Å². The Morgan fingerprint density at radius 1 is 0.900 bits per heavy atom. The zero-order chi connectivity index (χ0) is 14.7. The van der Waals surface area contributed by atoms with Gasteiger partial charge in [-0.2, -0.15) is 0 Å². The van der Waals surface area contributed by atoms with Gasteiger partial charge in [-0.15, -0.1) is 0 Å². The van der Waals surface area contributed by atoms with E-state index in [1.54, 1.807) is 14.2 Å². The molecule has 0 fully saturated rings. The molecule has 1 heterocycles. The molecule has 0 atom stereocenters. The van der Waals surface area contributed by atoms with Crippen LogP contribution in [0.3, 0.4) is 0 Å². The second kappa shape index (κ2) is 5.90. The predicted molar refractivity (Wildman–Crippen MR) is 79.4 cm³/mol. The molecule has 0 bridgehead atoms. The largest absolute Gasteiger partial charge is 0.497 e. The van der Waals surface area contributed by atoms with Crippen molar-refractivity contribution in [3.05, 3.63) is 35.8 Å². The van der Waals surface area contributed by atoms with Crippen molar-refractivity contribution in [1.29, 1.82) is 0 Å². The number of rotatable bonds is 4. The number of aromatic nitrogens is 2. The van der Waals surface area contributed by atoms with Gasteiger partial charge in [0.1, 0.15) is 17.3 Å². The van der Waals surface area contributed by atoms with E-state index in [0.29, 0.717) is 5.92 Å². The summed E-state index contributed by atoms with van der Waals surface area (Å²) in [6.07, 6.45) is 0. The summed E-state index contributed by atoms with van der Waals surface area (Å²) in [6.45, 7) is 6.15. The highest BCUT2D eigenvalue weighted by Gasteiger charge is 2.10. The molecule has 0 unspecified atom stereocenters. The molecule has 20 heavy (non-hydrogen) atoms. The number of nitrogens with zero attached hydrogens (tertiary/aromatic N) is 2. The Kier molecular flexibility index (Phi) is 4.23. The molecule has 0 aliphatic rings. The molecule has 0 radical (unpaired) electrons. The number of ether oxygens (including phenoxy) is 2. The summed E-state index contributed by atoms with van der Waals surface area (Å²) in [5, 5.41) is 0. The maximum atomic E-state index is 5.30. The molecule has 0 saturated heterocycles. The molecule has 2 rings (SSSR count). The van der Waals surface area contributed by atoms with E-state index >= 15 is 0 Å². The van der Waals surface area contributed by atoms with Crippen LogP contribution in [0, 0.1) is 6.92 Å². The van der Waals surface area contributed by atoms with Crippen LogP contribution in [0.4, 0.5) is 0 Å². The van der Waals surface area contributed by atoms with Crippen LogP contribution in [-0.2, 0) is 0 Å². The van der Waals surface area contributed by atoms with Crippen molar-refractivity contribution in [3.8, 4) is 22.8 Å². The van der Waals surface area contributed by atoms with Crippen molar-refractivity contribution < 1.29 is 9.47 Å². The Hall–Kier alpha value is -2.10. The summed E-state index contributed by atoms with van der Waals surface area (Å²) in [4.78, 5) is 8.99. The van der Waals surface area contributed by atoms with E-state index in [1.807, 2.05) is 31.2 Å². The van der Waals surface area contributed by atoms with E-state index in [1.165, 1.54) is 0 Å². The van der Waals surface area contributed by atoms with Crippen LogP contribution < -0.4 is 9.47 Å². The van der Waals surface area contributed by atoms with Crippen molar-refractivity contribution in [3.63, 3.8) is 0 Å².